The third kappa shape index (κ3) is 1.91. The van der Waals surface area contributed by atoms with Crippen molar-refractivity contribution in [2.45, 2.75) is 25.7 Å². The van der Waals surface area contributed by atoms with Crippen LogP contribution in [0.3, 0.4) is 0 Å². The maximum absolute atomic E-state index is 6.03. The van der Waals surface area contributed by atoms with Gasteiger partial charge in [0.1, 0.15) is 5.82 Å². The smallest absolute Gasteiger partial charge is 0.131 e. The van der Waals surface area contributed by atoms with Crippen LogP contribution in [0.4, 0.5) is 5.82 Å². The van der Waals surface area contributed by atoms with Crippen molar-refractivity contribution in [3.8, 4) is 0 Å². The highest BCUT2D eigenvalue weighted by molar-refractivity contribution is 5.92. The highest BCUT2D eigenvalue weighted by atomic mass is 14.8. The van der Waals surface area contributed by atoms with Gasteiger partial charge in [-0.15, -0.1) is 0 Å². The molecule has 2 heteroatoms. The molecular formula is C15H16N2. The normalized spacial score (nSPS) is 15.9. The Kier molecular flexibility index (Phi) is 2.56. The van der Waals surface area contributed by atoms with Crippen molar-refractivity contribution < 1.29 is 0 Å². The lowest BCUT2D eigenvalue weighted by atomic mass is 9.96. The second kappa shape index (κ2) is 4.21. The van der Waals surface area contributed by atoms with Crippen LogP contribution in [0, 0.1) is 0 Å². The minimum absolute atomic E-state index is 0.643. The Bertz CT molecular complexity index is 584. The molecule has 86 valence electrons. The highest BCUT2D eigenvalue weighted by Gasteiger charge is 2.09. The van der Waals surface area contributed by atoms with Crippen LogP contribution in [0.15, 0.2) is 36.4 Å². The number of anilines is 1. The molecule has 0 aliphatic heterocycles. The van der Waals surface area contributed by atoms with E-state index in [-0.39, 0.29) is 0 Å². The van der Waals surface area contributed by atoms with E-state index in [1.54, 1.807) is 0 Å². The minimum Gasteiger partial charge on any atom is -0.383 e. The number of hydrogen-bond donors (Lipinski definition) is 1. The first-order valence-corrected chi connectivity index (χ1v) is 6.19. The molecule has 2 aromatic rings. The fourth-order valence-corrected chi connectivity index (χ4v) is 2.46. The van der Waals surface area contributed by atoms with E-state index in [4.69, 9.17) is 5.73 Å². The quantitative estimate of drug-likeness (QED) is 0.800. The number of pyridine rings is 1. The van der Waals surface area contributed by atoms with Crippen molar-refractivity contribution in [3.63, 3.8) is 0 Å². The fourth-order valence-electron chi connectivity index (χ4n) is 2.46. The van der Waals surface area contributed by atoms with Crippen molar-refractivity contribution in [1.82, 2.24) is 4.98 Å². The molecule has 1 aromatic heterocycles. The van der Waals surface area contributed by atoms with Crippen molar-refractivity contribution in [2.75, 3.05) is 5.73 Å². The Morgan fingerprint density at radius 1 is 1.12 bits per heavy atom. The maximum atomic E-state index is 6.03. The Balaban J connectivity index is 2.15. The molecule has 0 fully saturated rings. The third-order valence-electron chi connectivity index (χ3n) is 3.39. The number of aromatic nitrogens is 1. The van der Waals surface area contributed by atoms with Gasteiger partial charge in [-0.3, -0.25) is 0 Å². The summed E-state index contributed by atoms with van der Waals surface area (Å²) in [5, 5.41) is 2.23. The molecule has 2 nitrogen and oxygen atoms in total. The molecule has 3 rings (SSSR count). The van der Waals surface area contributed by atoms with Crippen LogP contribution in [-0.4, -0.2) is 4.98 Å². The van der Waals surface area contributed by atoms with Gasteiger partial charge in [0.15, 0.2) is 0 Å². The van der Waals surface area contributed by atoms with Crippen molar-refractivity contribution in [3.05, 3.63) is 42.1 Å². The number of nitrogens with two attached hydrogens (primary N) is 1. The van der Waals surface area contributed by atoms with Crippen LogP contribution in [0.25, 0.3) is 16.3 Å². The number of nitrogens with zero attached hydrogens (tertiary/aromatic N) is 1. The topological polar surface area (TPSA) is 38.9 Å². The lowest BCUT2D eigenvalue weighted by molar-refractivity contribution is 0.740. The first-order valence-electron chi connectivity index (χ1n) is 6.19. The Morgan fingerprint density at radius 2 is 2.00 bits per heavy atom. The van der Waals surface area contributed by atoms with E-state index < -0.39 is 0 Å². The molecule has 0 unspecified atom stereocenters. The molecular weight excluding hydrogens is 208 g/mol. The largest absolute Gasteiger partial charge is 0.383 e. The molecule has 0 radical (unpaired) electrons. The summed E-state index contributed by atoms with van der Waals surface area (Å²) < 4.78 is 0. The van der Waals surface area contributed by atoms with Crippen LogP contribution in [0.2, 0.25) is 0 Å². The summed E-state index contributed by atoms with van der Waals surface area (Å²) in [7, 11) is 0. The summed E-state index contributed by atoms with van der Waals surface area (Å²) in [6.45, 7) is 0. The van der Waals surface area contributed by atoms with E-state index in [9.17, 15) is 0 Å². The summed E-state index contributed by atoms with van der Waals surface area (Å²) >= 11 is 0. The zero-order chi connectivity index (χ0) is 11.7. The van der Waals surface area contributed by atoms with Gasteiger partial charge in [-0.2, -0.15) is 0 Å². The van der Waals surface area contributed by atoms with E-state index in [0.717, 1.165) is 17.5 Å². The molecule has 1 aliphatic rings. The molecule has 1 aromatic carbocycles. The van der Waals surface area contributed by atoms with Gasteiger partial charge >= 0.3 is 0 Å². The third-order valence-corrected chi connectivity index (χ3v) is 3.39. The average molecular weight is 224 g/mol. The van der Waals surface area contributed by atoms with Crippen molar-refractivity contribution >= 4 is 22.2 Å². The lowest BCUT2D eigenvalue weighted by Gasteiger charge is -2.13. The zero-order valence-electron chi connectivity index (χ0n) is 9.82. The molecule has 2 N–H and O–H groups in total. The molecule has 1 aliphatic carbocycles. The van der Waals surface area contributed by atoms with Crippen molar-refractivity contribution in [1.29, 1.82) is 0 Å². The summed E-state index contributed by atoms with van der Waals surface area (Å²) in [6, 6.07) is 10.3. The Hall–Kier alpha value is -1.83. The fraction of sp³-hybridized carbons (Fsp3) is 0.267. The van der Waals surface area contributed by atoms with Gasteiger partial charge < -0.3 is 5.73 Å². The van der Waals surface area contributed by atoms with Crippen LogP contribution >= 0.6 is 0 Å². The van der Waals surface area contributed by atoms with E-state index in [2.05, 4.69) is 23.2 Å². The van der Waals surface area contributed by atoms with Gasteiger partial charge in [0.25, 0.3) is 0 Å². The molecule has 17 heavy (non-hydrogen) atoms. The Morgan fingerprint density at radius 3 is 2.82 bits per heavy atom. The maximum Gasteiger partial charge on any atom is 0.131 e. The first kappa shape index (κ1) is 10.3. The standard InChI is InChI=1S/C15H16N2/c16-15-13-9-5-4-8-12(13)10-14(17-15)11-6-2-1-3-7-11/h4-6,8-10H,1-3,7H2,(H2,16,17). The molecule has 0 saturated heterocycles. The van der Waals surface area contributed by atoms with Gasteiger partial charge in [0.2, 0.25) is 0 Å². The predicted molar refractivity (Wildman–Crippen MR) is 72.6 cm³/mol. The predicted octanol–water partition coefficient (Wildman–Crippen LogP) is 3.77. The second-order valence-electron chi connectivity index (χ2n) is 4.59. The van der Waals surface area contributed by atoms with Crippen LogP contribution < -0.4 is 5.73 Å². The summed E-state index contributed by atoms with van der Waals surface area (Å²) in [6.07, 6.45) is 7.17. The number of hydrogen-bond acceptors (Lipinski definition) is 2. The van der Waals surface area contributed by atoms with E-state index >= 15 is 0 Å². The van der Waals surface area contributed by atoms with Gasteiger partial charge in [-0.05, 0) is 42.7 Å². The molecule has 0 amide bonds. The highest BCUT2D eigenvalue weighted by Crippen LogP contribution is 2.29. The summed E-state index contributed by atoms with van der Waals surface area (Å²) in [4.78, 5) is 4.53. The lowest BCUT2D eigenvalue weighted by Crippen LogP contribution is -1.99. The number of nitrogen functional groups attached to an aromatic ring is 1. The first-order chi connectivity index (χ1) is 8.34. The van der Waals surface area contributed by atoms with Crippen LogP contribution in [0.1, 0.15) is 31.4 Å². The van der Waals surface area contributed by atoms with E-state index in [1.807, 2.05) is 18.2 Å². The Labute approximate surface area is 101 Å². The summed E-state index contributed by atoms with van der Waals surface area (Å²) in [5.74, 6) is 0.643. The molecule has 0 bridgehead atoms. The summed E-state index contributed by atoms with van der Waals surface area (Å²) in [5.41, 5.74) is 8.44. The monoisotopic (exact) mass is 224 g/mol. The molecule has 0 spiro atoms. The van der Waals surface area contributed by atoms with Gasteiger partial charge in [-0.25, -0.2) is 4.98 Å². The van der Waals surface area contributed by atoms with Crippen molar-refractivity contribution in [2.24, 2.45) is 0 Å². The second-order valence-corrected chi connectivity index (χ2v) is 4.59. The number of benzene rings is 1. The van der Waals surface area contributed by atoms with Gasteiger partial charge in [0, 0.05) is 5.39 Å². The zero-order valence-corrected chi connectivity index (χ0v) is 9.82. The number of allylic oxidation sites excluding steroid dienone is 2. The SMILES string of the molecule is Nc1nc(C2=CCCCC2)cc2ccccc12. The van der Waals surface area contributed by atoms with Crippen LogP contribution in [0.5, 0.6) is 0 Å². The molecule has 0 saturated carbocycles. The van der Waals surface area contributed by atoms with E-state index in [1.165, 1.54) is 30.2 Å². The van der Waals surface area contributed by atoms with Crippen LogP contribution in [-0.2, 0) is 0 Å². The molecule has 0 atom stereocenters. The van der Waals surface area contributed by atoms with Gasteiger partial charge in [0.05, 0.1) is 5.69 Å². The van der Waals surface area contributed by atoms with E-state index in [0.29, 0.717) is 5.82 Å². The minimum atomic E-state index is 0.643. The molecule has 1 heterocycles. The number of rotatable bonds is 1. The van der Waals surface area contributed by atoms with Gasteiger partial charge in [-0.1, -0.05) is 30.3 Å². The number of fused-ring (bicyclic) bond motifs is 1. The average Bonchev–Trinajstić information content (AvgIpc) is 2.40.